The first-order valence-electron chi connectivity index (χ1n) is 1.42. The largest absolute Gasteiger partial charge is 0.362 e. The van der Waals surface area contributed by atoms with E-state index in [0.29, 0.717) is 0 Å². The predicted octanol–water partition coefficient (Wildman–Crippen LogP) is -0.0515. The molecular weight excluding hydrogens is 82.0 g/mol. The van der Waals surface area contributed by atoms with Crippen molar-refractivity contribution in [2.45, 2.75) is 0 Å². The lowest BCUT2D eigenvalue weighted by molar-refractivity contribution is 0.321. The van der Waals surface area contributed by atoms with Crippen molar-refractivity contribution in [1.29, 1.82) is 0 Å². The van der Waals surface area contributed by atoms with Crippen molar-refractivity contribution in [2.75, 3.05) is 0 Å². The van der Waals surface area contributed by atoms with E-state index in [0.717, 1.165) is 0 Å². The van der Waals surface area contributed by atoms with Crippen LogP contribution >= 0.6 is 0 Å². The van der Waals surface area contributed by atoms with Crippen molar-refractivity contribution in [3.05, 3.63) is 6.33 Å². The highest BCUT2D eigenvalue weighted by molar-refractivity contribution is 4.78. The van der Waals surface area contributed by atoms with Crippen LogP contribution in [0.4, 0.5) is 0 Å². The maximum absolute atomic E-state index is 9.84. The lowest BCUT2D eigenvalue weighted by Crippen LogP contribution is -1.59. The van der Waals surface area contributed by atoms with E-state index < -0.39 is 6.01 Å². The lowest BCUT2D eigenvalue weighted by Gasteiger charge is -1.59. The summed E-state index contributed by atoms with van der Waals surface area (Å²) in [6.45, 7) is 0. The van der Waals surface area contributed by atoms with Gasteiger partial charge in [-0.1, -0.05) is 0 Å². The molecule has 6 heavy (non-hydrogen) atoms. The van der Waals surface area contributed by atoms with Crippen molar-refractivity contribution in [1.82, 2.24) is 15.2 Å². The number of nitrogens with one attached hydrogen (secondary N) is 1. The van der Waals surface area contributed by atoms with Crippen molar-refractivity contribution >= 4 is 0 Å². The fraction of sp³-hybridized carbons (Fsp3) is 0. The quantitative estimate of drug-likeness (QED) is 0.479. The highest BCUT2D eigenvalue weighted by Crippen LogP contribution is 1.88. The molecule has 1 rings (SSSR count). The molecule has 0 saturated carbocycles. The van der Waals surface area contributed by atoms with E-state index in [2.05, 4.69) is 15.2 Å². The number of hydrogen-bond acceptors (Lipinski definition) is 2. The minimum atomic E-state index is -0.394. The molecule has 0 spiro atoms. The van der Waals surface area contributed by atoms with Crippen molar-refractivity contribution < 1.29 is 5.11 Å². The Labute approximate surface area is 33.8 Å². The third-order valence-corrected chi connectivity index (χ3v) is 0.393. The molecule has 0 unspecified atom stereocenters. The fourth-order valence-electron chi connectivity index (χ4n) is 0.194. The van der Waals surface area contributed by atoms with Crippen LogP contribution in [0.25, 0.3) is 0 Å². The predicted molar refractivity (Wildman–Crippen MR) is 16.5 cm³/mol. The first kappa shape index (κ1) is 3.14. The molecule has 0 aliphatic heterocycles. The topological polar surface area (TPSA) is 61.5 Å². The molecule has 0 saturated heterocycles. The monoisotopic (exact) mass is 84.0 g/mol. The molecule has 1 N–H and O–H groups in total. The van der Waals surface area contributed by atoms with Crippen molar-refractivity contribution in [3.8, 4) is 6.01 Å². The van der Waals surface area contributed by atoms with E-state index in [4.69, 9.17) is 0 Å². The van der Waals surface area contributed by atoms with E-state index in [1.165, 1.54) is 6.33 Å². The number of hydrogen-bond donors (Lipinski definition) is 1. The minimum absolute atomic E-state index is 0.394. The Morgan fingerprint density at radius 1 is 1.83 bits per heavy atom. The molecule has 0 fully saturated rings. The first-order chi connectivity index (χ1) is 2.89. The SMILES string of the molecule is [O]c1ncn[nH]1. The summed E-state index contributed by atoms with van der Waals surface area (Å²) < 4.78 is 0. The first-order valence-corrected chi connectivity index (χ1v) is 1.42. The number of H-pyrrole nitrogens is 1. The summed E-state index contributed by atoms with van der Waals surface area (Å²) in [5.74, 6) is 0. The molecule has 0 aliphatic rings. The number of nitrogens with zero attached hydrogens (tertiary/aromatic N) is 2. The zero-order valence-electron chi connectivity index (χ0n) is 2.88. The normalized spacial score (nSPS) is 8.67. The molecule has 0 atom stereocenters. The minimum Gasteiger partial charge on any atom is -0.244 e. The molecule has 1 aromatic rings. The van der Waals surface area contributed by atoms with E-state index in [1.807, 2.05) is 0 Å². The summed E-state index contributed by atoms with van der Waals surface area (Å²) in [7, 11) is 0. The molecule has 4 heteroatoms. The average molecular weight is 84.1 g/mol. The Morgan fingerprint density at radius 3 is 2.83 bits per heavy atom. The van der Waals surface area contributed by atoms with Gasteiger partial charge in [0.1, 0.15) is 6.33 Å². The standard InChI is InChI=1S/C2H2N3O/c6-2-3-1-4-5-2/h1H,(H,3,4,5). The molecule has 1 aromatic heterocycles. The Kier molecular flexibility index (Phi) is 0.506. The molecule has 0 aromatic carbocycles. The maximum Gasteiger partial charge on any atom is 0.362 e. The van der Waals surface area contributed by atoms with Gasteiger partial charge < -0.3 is 0 Å². The Morgan fingerprint density at radius 2 is 2.67 bits per heavy atom. The van der Waals surface area contributed by atoms with E-state index >= 15 is 0 Å². The van der Waals surface area contributed by atoms with E-state index in [9.17, 15) is 5.11 Å². The maximum atomic E-state index is 9.84. The molecular formula is C2H2N3O. The van der Waals surface area contributed by atoms with E-state index in [1.54, 1.807) is 0 Å². The van der Waals surface area contributed by atoms with E-state index in [-0.39, 0.29) is 0 Å². The lowest BCUT2D eigenvalue weighted by atomic mass is 11.2. The second-order valence-electron chi connectivity index (χ2n) is 0.791. The van der Waals surface area contributed by atoms with Crippen LogP contribution in [0.1, 0.15) is 0 Å². The van der Waals surface area contributed by atoms with Crippen LogP contribution in [0.15, 0.2) is 6.33 Å². The second-order valence-corrected chi connectivity index (χ2v) is 0.791. The van der Waals surface area contributed by atoms with Gasteiger partial charge in [-0.2, -0.15) is 10.1 Å². The summed E-state index contributed by atoms with van der Waals surface area (Å²) in [6, 6.07) is -0.394. The van der Waals surface area contributed by atoms with Gasteiger partial charge >= 0.3 is 6.01 Å². The van der Waals surface area contributed by atoms with Gasteiger partial charge in [-0.15, -0.1) is 0 Å². The van der Waals surface area contributed by atoms with Gasteiger partial charge in [0, 0.05) is 0 Å². The van der Waals surface area contributed by atoms with Crippen molar-refractivity contribution in [2.24, 2.45) is 0 Å². The third-order valence-electron chi connectivity index (χ3n) is 0.393. The molecule has 4 nitrogen and oxygen atoms in total. The van der Waals surface area contributed by atoms with Gasteiger partial charge in [0.25, 0.3) is 0 Å². The summed E-state index contributed by atoms with van der Waals surface area (Å²) >= 11 is 0. The van der Waals surface area contributed by atoms with Crippen LogP contribution in [0.5, 0.6) is 6.01 Å². The van der Waals surface area contributed by atoms with Crippen LogP contribution in [-0.2, 0) is 5.11 Å². The van der Waals surface area contributed by atoms with Crippen LogP contribution in [-0.4, -0.2) is 15.2 Å². The summed E-state index contributed by atoms with van der Waals surface area (Å²) in [4.78, 5) is 3.19. The molecule has 0 amide bonds. The molecule has 1 radical (unpaired) electrons. The zero-order chi connectivity index (χ0) is 4.41. The Hall–Kier alpha value is -1.06. The smallest absolute Gasteiger partial charge is 0.244 e. The summed E-state index contributed by atoms with van der Waals surface area (Å²) in [5.41, 5.74) is 0. The van der Waals surface area contributed by atoms with Crippen molar-refractivity contribution in [3.63, 3.8) is 0 Å². The third kappa shape index (κ3) is 0.314. The highest BCUT2D eigenvalue weighted by atomic mass is 16.3. The van der Waals surface area contributed by atoms with Gasteiger partial charge in [0.05, 0.1) is 0 Å². The van der Waals surface area contributed by atoms with Crippen LogP contribution in [0, 0.1) is 0 Å². The van der Waals surface area contributed by atoms with Gasteiger partial charge in [0.2, 0.25) is 0 Å². The van der Waals surface area contributed by atoms with Crippen LogP contribution in [0.3, 0.4) is 0 Å². The molecule has 31 valence electrons. The van der Waals surface area contributed by atoms with Gasteiger partial charge in [-0.3, -0.25) is 0 Å². The number of aromatic amines is 1. The number of aromatic nitrogens is 3. The number of rotatable bonds is 0. The summed E-state index contributed by atoms with van der Waals surface area (Å²) in [6.07, 6.45) is 1.17. The zero-order valence-corrected chi connectivity index (χ0v) is 2.88. The Balaban J connectivity index is 3.05. The van der Waals surface area contributed by atoms with Gasteiger partial charge in [-0.25, -0.2) is 10.2 Å². The average Bonchev–Trinajstić information content (AvgIpc) is 1.86. The second kappa shape index (κ2) is 0.965. The molecule has 1 heterocycles. The van der Waals surface area contributed by atoms with Gasteiger partial charge in [-0.05, 0) is 0 Å². The van der Waals surface area contributed by atoms with Crippen LogP contribution in [0.2, 0.25) is 0 Å². The highest BCUT2D eigenvalue weighted by Gasteiger charge is 1.83. The molecule has 0 aliphatic carbocycles. The molecule has 0 bridgehead atoms. The fourth-order valence-corrected chi connectivity index (χ4v) is 0.194. The van der Waals surface area contributed by atoms with Gasteiger partial charge in [0.15, 0.2) is 0 Å². The Bertz CT molecular complexity index is 112. The van der Waals surface area contributed by atoms with Crippen LogP contribution < -0.4 is 0 Å². The summed E-state index contributed by atoms with van der Waals surface area (Å²) in [5, 5.41) is 15.2.